The van der Waals surface area contributed by atoms with Crippen LogP contribution in [0.25, 0.3) is 4.13 Å². The Hall–Kier alpha value is -1.35. The lowest BCUT2D eigenvalue weighted by Crippen LogP contribution is -2.30. The second-order valence-corrected chi connectivity index (χ2v) is 7.46. The van der Waals surface area contributed by atoms with Crippen molar-refractivity contribution in [3.63, 3.8) is 0 Å². The molecule has 1 aromatic heterocycles. The smallest absolute Gasteiger partial charge is 0.421 e. The lowest BCUT2D eigenvalue weighted by Gasteiger charge is -2.22. The van der Waals surface area contributed by atoms with Gasteiger partial charge in [0.25, 0.3) is 0 Å². The van der Waals surface area contributed by atoms with Crippen molar-refractivity contribution >= 4 is 20.0 Å². The molecular formula is C8H11F6N3O4S2. The number of aromatic amines is 2. The normalized spacial score (nSPS) is 13.4. The second kappa shape index (κ2) is 6.64. The van der Waals surface area contributed by atoms with Crippen LogP contribution in [0.2, 0.25) is 0 Å². The van der Waals surface area contributed by atoms with Crippen molar-refractivity contribution in [2.45, 2.75) is 31.8 Å². The van der Waals surface area contributed by atoms with E-state index in [-0.39, 0.29) is 0 Å². The van der Waals surface area contributed by atoms with E-state index in [1.165, 1.54) is 17.0 Å². The molecule has 0 amide bonds. The zero-order valence-electron chi connectivity index (χ0n) is 11.7. The number of sulfonamides is 2. The first-order chi connectivity index (χ1) is 9.92. The lowest BCUT2D eigenvalue weighted by atomic mass is 10.2. The standard InChI is InChI=1S/C6H10N2.C2F6NO4S2/c1-4-5(2)7-8-6(4)3;3-1(4,5)14(10,11)9-15(12,13)2(6,7)8/h1-3H3,(H,7,8);/q;-1/p+1. The highest BCUT2D eigenvalue weighted by Crippen LogP contribution is 2.36. The summed E-state index contributed by atoms with van der Waals surface area (Å²) in [7, 11) is -13.4. The van der Waals surface area contributed by atoms with E-state index in [9.17, 15) is 43.2 Å². The van der Waals surface area contributed by atoms with Crippen LogP contribution in [0.15, 0.2) is 0 Å². The molecule has 0 atom stereocenters. The van der Waals surface area contributed by atoms with Crippen molar-refractivity contribution < 1.29 is 48.3 Å². The lowest BCUT2D eigenvalue weighted by molar-refractivity contribution is -0.458. The van der Waals surface area contributed by atoms with E-state index in [0.717, 1.165) is 4.13 Å². The van der Waals surface area contributed by atoms with Gasteiger partial charge < -0.3 is 4.13 Å². The van der Waals surface area contributed by atoms with Gasteiger partial charge in [-0.05, 0) is 13.8 Å². The summed E-state index contributed by atoms with van der Waals surface area (Å²) >= 11 is 0. The average molecular weight is 391 g/mol. The monoisotopic (exact) mass is 391 g/mol. The highest BCUT2D eigenvalue weighted by Gasteiger charge is 2.46. The van der Waals surface area contributed by atoms with Crippen LogP contribution >= 0.6 is 0 Å². The Morgan fingerprint density at radius 2 is 1.22 bits per heavy atom. The summed E-state index contributed by atoms with van der Waals surface area (Å²) in [5.74, 6) is 0. The Balaban J connectivity index is 0.000000502. The number of rotatable bonds is 2. The number of aryl methyl sites for hydroxylation is 2. The third-order valence-corrected chi connectivity index (χ3v) is 5.08. The fourth-order valence-electron chi connectivity index (χ4n) is 0.870. The number of hydrogen-bond acceptors (Lipinski definition) is 4. The van der Waals surface area contributed by atoms with Crippen LogP contribution in [-0.2, 0) is 20.0 Å². The summed E-state index contributed by atoms with van der Waals surface area (Å²) in [4.78, 5) is 0. The first kappa shape index (κ1) is 21.6. The molecule has 0 bridgehead atoms. The highest BCUT2D eigenvalue weighted by molar-refractivity contribution is 8.13. The Morgan fingerprint density at radius 3 is 1.35 bits per heavy atom. The van der Waals surface area contributed by atoms with Gasteiger partial charge in [-0.15, -0.1) is 5.10 Å². The van der Waals surface area contributed by atoms with Gasteiger partial charge in [0.2, 0.25) is 5.69 Å². The Labute approximate surface area is 127 Å². The molecule has 1 aromatic rings. The van der Waals surface area contributed by atoms with Gasteiger partial charge in [0.15, 0.2) is 20.0 Å². The Bertz CT molecular complexity index is 686. The highest BCUT2D eigenvalue weighted by atomic mass is 32.3. The first-order valence-electron chi connectivity index (χ1n) is 5.32. The third kappa shape index (κ3) is 5.65. The van der Waals surface area contributed by atoms with Crippen molar-refractivity contribution in [2.75, 3.05) is 0 Å². The van der Waals surface area contributed by atoms with E-state index in [0.29, 0.717) is 0 Å². The van der Waals surface area contributed by atoms with Crippen molar-refractivity contribution in [3.8, 4) is 0 Å². The number of alkyl halides is 6. The predicted molar refractivity (Wildman–Crippen MR) is 64.9 cm³/mol. The van der Waals surface area contributed by atoms with E-state index in [2.05, 4.69) is 31.0 Å². The molecule has 2 N–H and O–H groups in total. The molecule has 0 spiro atoms. The topological polar surface area (TPSA) is 112 Å². The molecule has 0 fully saturated rings. The number of H-pyrrole nitrogens is 2. The molecule has 0 aliphatic carbocycles. The molecule has 7 nitrogen and oxygen atoms in total. The van der Waals surface area contributed by atoms with Crippen molar-refractivity contribution in [3.05, 3.63) is 21.1 Å². The number of aromatic nitrogens is 2. The molecule has 0 unspecified atom stereocenters. The van der Waals surface area contributed by atoms with Crippen LogP contribution in [0.1, 0.15) is 17.0 Å². The van der Waals surface area contributed by atoms with E-state index < -0.39 is 31.1 Å². The summed E-state index contributed by atoms with van der Waals surface area (Å²) in [6.45, 7) is 6.20. The summed E-state index contributed by atoms with van der Waals surface area (Å²) in [6, 6.07) is 0. The van der Waals surface area contributed by atoms with Gasteiger partial charge in [-0.25, -0.2) is 16.8 Å². The molecule has 0 radical (unpaired) electrons. The van der Waals surface area contributed by atoms with Gasteiger partial charge in [-0.1, -0.05) is 0 Å². The number of nitrogens with zero attached hydrogens (tertiary/aromatic N) is 1. The van der Waals surface area contributed by atoms with Crippen molar-refractivity contribution in [2.24, 2.45) is 0 Å². The Kier molecular flexibility index (Phi) is 6.25. The SMILES string of the molecule is Cc1[nH][nH+]c(C)c1C.O=S(=O)([N-]S(=O)(=O)C(F)(F)F)C(F)(F)F. The largest absolute Gasteiger partial charge is 0.480 e. The molecule has 0 aliphatic rings. The minimum Gasteiger partial charge on any atom is -0.421 e. The summed E-state index contributed by atoms with van der Waals surface area (Å²) in [6.07, 6.45) is 0. The number of halogens is 6. The van der Waals surface area contributed by atoms with Crippen LogP contribution in [0.3, 0.4) is 0 Å². The van der Waals surface area contributed by atoms with Gasteiger partial charge in [0, 0.05) is 12.5 Å². The zero-order valence-corrected chi connectivity index (χ0v) is 13.3. The molecule has 23 heavy (non-hydrogen) atoms. The van der Waals surface area contributed by atoms with Crippen LogP contribution < -0.4 is 5.10 Å². The fourth-order valence-corrected chi connectivity index (χ4v) is 2.58. The minimum atomic E-state index is -6.72. The number of hydrogen-bond donors (Lipinski definition) is 1. The first-order valence-corrected chi connectivity index (χ1v) is 8.20. The Morgan fingerprint density at radius 1 is 0.870 bits per heavy atom. The van der Waals surface area contributed by atoms with Crippen LogP contribution in [0.4, 0.5) is 26.3 Å². The maximum atomic E-state index is 11.4. The van der Waals surface area contributed by atoms with E-state index in [1.807, 2.05) is 0 Å². The van der Waals surface area contributed by atoms with Crippen LogP contribution in [-0.4, -0.2) is 33.0 Å². The predicted octanol–water partition coefficient (Wildman–Crippen LogP) is 1.81. The van der Waals surface area contributed by atoms with E-state index >= 15 is 0 Å². The van der Waals surface area contributed by atoms with Gasteiger partial charge in [0.1, 0.15) is 0 Å². The van der Waals surface area contributed by atoms with Crippen molar-refractivity contribution in [1.29, 1.82) is 0 Å². The third-order valence-electron chi connectivity index (χ3n) is 2.34. The minimum absolute atomic E-state index is 0.778. The molecule has 15 heteroatoms. The van der Waals surface area contributed by atoms with Crippen molar-refractivity contribution in [1.82, 2.24) is 5.10 Å². The van der Waals surface area contributed by atoms with Crippen LogP contribution in [0.5, 0.6) is 0 Å². The van der Waals surface area contributed by atoms with E-state index in [1.54, 1.807) is 0 Å². The van der Waals surface area contributed by atoms with Crippen LogP contribution in [0, 0.1) is 20.8 Å². The average Bonchev–Trinajstić information content (AvgIpc) is 2.57. The summed E-state index contributed by atoms with van der Waals surface area (Å²) in [5.41, 5.74) is -8.63. The molecule has 0 aromatic carbocycles. The van der Waals surface area contributed by atoms with Gasteiger partial charge in [-0.2, -0.15) is 31.4 Å². The molecule has 1 rings (SSSR count). The van der Waals surface area contributed by atoms with Gasteiger partial charge in [-0.3, -0.25) is 0 Å². The van der Waals surface area contributed by atoms with Gasteiger partial charge >= 0.3 is 11.0 Å². The zero-order chi connectivity index (χ0) is 18.9. The van der Waals surface area contributed by atoms with Gasteiger partial charge in [0.05, 0.1) is 5.69 Å². The molecule has 0 saturated carbocycles. The molecular weight excluding hydrogens is 380 g/mol. The summed E-state index contributed by atoms with van der Waals surface area (Å²) < 4.78 is 109. The summed E-state index contributed by atoms with van der Waals surface area (Å²) in [5, 5.41) is 6.02. The maximum absolute atomic E-state index is 11.4. The fraction of sp³-hybridized carbons (Fsp3) is 0.625. The molecule has 0 saturated heterocycles. The maximum Gasteiger partial charge on any atom is 0.480 e. The molecule has 1 heterocycles. The number of nitrogens with one attached hydrogen (secondary N) is 2. The molecule has 136 valence electrons. The second-order valence-electron chi connectivity index (χ2n) is 4.04. The molecule has 0 aliphatic heterocycles. The quantitative estimate of drug-likeness (QED) is 0.775. The van der Waals surface area contributed by atoms with E-state index in [4.69, 9.17) is 0 Å².